The number of anilines is 1. The Balaban J connectivity index is 1.30. The Morgan fingerprint density at radius 3 is 2.62 bits per heavy atom. The number of sulfonamides is 1. The summed E-state index contributed by atoms with van der Waals surface area (Å²) in [6, 6.07) is 4.01. The summed E-state index contributed by atoms with van der Waals surface area (Å²) in [5, 5.41) is 0. The number of carbonyl (C=O) groups excluding carboxylic acids is 1. The van der Waals surface area contributed by atoms with E-state index in [4.69, 9.17) is 9.97 Å². The van der Waals surface area contributed by atoms with Gasteiger partial charge in [-0.25, -0.2) is 22.7 Å². The number of hydrogen-bond donors (Lipinski definition) is 1. The monoisotopic (exact) mass is 488 g/mol. The van der Waals surface area contributed by atoms with Crippen molar-refractivity contribution in [3.8, 4) is 0 Å². The van der Waals surface area contributed by atoms with Crippen LogP contribution in [0.4, 0.5) is 5.82 Å². The van der Waals surface area contributed by atoms with Gasteiger partial charge in [0, 0.05) is 45.2 Å². The van der Waals surface area contributed by atoms with Crippen molar-refractivity contribution in [3.05, 3.63) is 18.0 Å². The van der Waals surface area contributed by atoms with E-state index in [2.05, 4.69) is 9.88 Å². The third kappa shape index (κ3) is 4.79. The molecule has 0 bridgehead atoms. The van der Waals surface area contributed by atoms with E-state index in [1.54, 1.807) is 4.31 Å². The molecule has 3 saturated heterocycles. The standard InChI is InChI=1S/C24H36N6O3S/c1-2-15-34(32,33)30-14-6-7-18(17-30)22-25-20-9-10-21(26-23(20)27-22)29-13-5-8-19(16-29)24(31)28-11-3-4-12-28/h9-10,18-19H,2-8,11-17H2,1H3,(H,25,26,27). The lowest BCUT2D eigenvalue weighted by molar-refractivity contribution is -0.134. The van der Waals surface area contributed by atoms with Crippen LogP contribution in [0.5, 0.6) is 0 Å². The molecular weight excluding hydrogens is 452 g/mol. The molecule has 0 aliphatic carbocycles. The summed E-state index contributed by atoms with van der Waals surface area (Å²) in [6.45, 7) is 6.36. The highest BCUT2D eigenvalue weighted by Gasteiger charge is 2.32. The van der Waals surface area contributed by atoms with Crippen LogP contribution < -0.4 is 4.90 Å². The zero-order valence-corrected chi connectivity index (χ0v) is 20.9. The summed E-state index contributed by atoms with van der Waals surface area (Å²) in [5.41, 5.74) is 1.53. The third-order valence-corrected chi connectivity index (χ3v) is 9.53. The van der Waals surface area contributed by atoms with Crippen LogP contribution in [0.3, 0.4) is 0 Å². The third-order valence-electron chi connectivity index (χ3n) is 7.49. The quantitative estimate of drug-likeness (QED) is 0.671. The fourth-order valence-electron chi connectivity index (χ4n) is 5.66. The van der Waals surface area contributed by atoms with Gasteiger partial charge >= 0.3 is 0 Å². The van der Waals surface area contributed by atoms with Crippen LogP contribution in [-0.4, -0.2) is 83.5 Å². The van der Waals surface area contributed by atoms with Gasteiger partial charge in [-0.05, 0) is 57.1 Å². The molecule has 9 nitrogen and oxygen atoms in total. The lowest BCUT2D eigenvalue weighted by Gasteiger charge is -2.34. The lowest BCUT2D eigenvalue weighted by atomic mass is 9.96. The van der Waals surface area contributed by atoms with Gasteiger partial charge in [0.15, 0.2) is 5.65 Å². The van der Waals surface area contributed by atoms with E-state index >= 15 is 0 Å². The van der Waals surface area contributed by atoms with Gasteiger partial charge in [-0.1, -0.05) is 6.92 Å². The minimum Gasteiger partial charge on any atom is -0.356 e. The van der Waals surface area contributed by atoms with Crippen molar-refractivity contribution in [2.75, 3.05) is 49.9 Å². The largest absolute Gasteiger partial charge is 0.356 e. The molecule has 5 rings (SSSR count). The van der Waals surface area contributed by atoms with E-state index in [1.807, 2.05) is 24.0 Å². The first-order chi connectivity index (χ1) is 16.4. The number of carbonyl (C=O) groups is 1. The van der Waals surface area contributed by atoms with Crippen molar-refractivity contribution in [2.24, 2.45) is 5.92 Å². The van der Waals surface area contributed by atoms with Crippen molar-refractivity contribution in [1.82, 2.24) is 24.2 Å². The SMILES string of the molecule is CCCS(=O)(=O)N1CCCC(c2nc3nc(N4CCCC(C(=O)N5CCCC5)C4)ccc3[nH]2)C1. The van der Waals surface area contributed by atoms with Crippen LogP contribution in [-0.2, 0) is 14.8 Å². The number of H-pyrrole nitrogens is 1. The lowest BCUT2D eigenvalue weighted by Crippen LogP contribution is -2.44. The van der Waals surface area contributed by atoms with Crippen LogP contribution in [0, 0.1) is 5.92 Å². The van der Waals surface area contributed by atoms with Gasteiger partial charge in [-0.3, -0.25) is 4.79 Å². The number of likely N-dealkylation sites (tertiary alicyclic amines) is 1. The maximum Gasteiger partial charge on any atom is 0.227 e. The van der Waals surface area contributed by atoms with Crippen molar-refractivity contribution in [2.45, 2.75) is 57.8 Å². The second kappa shape index (κ2) is 9.81. The van der Waals surface area contributed by atoms with Crippen LogP contribution >= 0.6 is 0 Å². The van der Waals surface area contributed by atoms with Gasteiger partial charge in [0.05, 0.1) is 17.2 Å². The Bertz CT molecular complexity index is 1130. The number of nitrogens with one attached hydrogen (secondary N) is 1. The Kier molecular flexibility index (Phi) is 6.79. The summed E-state index contributed by atoms with van der Waals surface area (Å²) >= 11 is 0. The second-order valence-corrected chi connectivity index (χ2v) is 12.1. The second-order valence-electron chi connectivity index (χ2n) is 9.99. The summed E-state index contributed by atoms with van der Waals surface area (Å²) in [6.07, 6.45) is 6.54. The molecule has 0 spiro atoms. The molecule has 0 saturated carbocycles. The molecule has 2 atom stereocenters. The number of piperidine rings is 2. The molecule has 0 aromatic carbocycles. The molecule has 2 aromatic rings. The van der Waals surface area contributed by atoms with Gasteiger partial charge in [0.1, 0.15) is 11.6 Å². The van der Waals surface area contributed by atoms with E-state index in [0.717, 1.165) is 75.3 Å². The number of hydrogen-bond acceptors (Lipinski definition) is 6. The molecule has 1 amide bonds. The van der Waals surface area contributed by atoms with Crippen LogP contribution in [0.1, 0.15) is 63.6 Å². The Hall–Kier alpha value is -2.20. The Labute approximate surface area is 202 Å². The van der Waals surface area contributed by atoms with Crippen LogP contribution in [0.25, 0.3) is 11.2 Å². The molecule has 1 N–H and O–H groups in total. The minimum atomic E-state index is -3.21. The number of amides is 1. The highest BCUT2D eigenvalue weighted by Crippen LogP contribution is 2.30. The zero-order chi connectivity index (χ0) is 23.7. The van der Waals surface area contributed by atoms with Crippen molar-refractivity contribution < 1.29 is 13.2 Å². The fraction of sp³-hybridized carbons (Fsp3) is 0.708. The number of fused-ring (bicyclic) bond motifs is 1. The summed E-state index contributed by atoms with van der Waals surface area (Å²) in [5.74, 6) is 2.26. The first-order valence-corrected chi connectivity index (χ1v) is 14.4. The van der Waals surface area contributed by atoms with Gasteiger partial charge in [0.25, 0.3) is 0 Å². The van der Waals surface area contributed by atoms with Gasteiger partial charge in [-0.2, -0.15) is 0 Å². The van der Waals surface area contributed by atoms with Gasteiger partial charge < -0.3 is 14.8 Å². The molecule has 10 heteroatoms. The maximum absolute atomic E-state index is 12.9. The number of nitrogens with zero attached hydrogens (tertiary/aromatic N) is 5. The Morgan fingerprint density at radius 1 is 1.03 bits per heavy atom. The summed E-state index contributed by atoms with van der Waals surface area (Å²) in [7, 11) is -3.21. The maximum atomic E-state index is 12.9. The summed E-state index contributed by atoms with van der Waals surface area (Å²) in [4.78, 5) is 30.2. The normalized spacial score (nSPS) is 24.7. The number of imidazole rings is 1. The first-order valence-electron chi connectivity index (χ1n) is 12.8. The number of pyridine rings is 1. The molecule has 3 aliphatic rings. The predicted molar refractivity (Wildman–Crippen MR) is 132 cm³/mol. The smallest absolute Gasteiger partial charge is 0.227 e. The van der Waals surface area contributed by atoms with E-state index < -0.39 is 10.0 Å². The molecule has 34 heavy (non-hydrogen) atoms. The molecular formula is C24H36N6O3S. The van der Waals surface area contributed by atoms with Crippen LogP contribution in [0.15, 0.2) is 12.1 Å². The highest BCUT2D eigenvalue weighted by atomic mass is 32.2. The average molecular weight is 489 g/mol. The molecule has 2 aromatic heterocycles. The van der Waals surface area contributed by atoms with E-state index in [0.29, 0.717) is 37.6 Å². The fourth-order valence-corrected chi connectivity index (χ4v) is 7.25. The molecule has 5 heterocycles. The van der Waals surface area contributed by atoms with E-state index in [1.165, 1.54) is 0 Å². The van der Waals surface area contributed by atoms with Gasteiger partial charge in [0.2, 0.25) is 15.9 Å². The van der Waals surface area contributed by atoms with E-state index in [-0.39, 0.29) is 17.6 Å². The predicted octanol–water partition coefficient (Wildman–Crippen LogP) is 2.72. The van der Waals surface area contributed by atoms with Crippen molar-refractivity contribution in [1.29, 1.82) is 0 Å². The van der Waals surface area contributed by atoms with Crippen molar-refractivity contribution >= 4 is 32.9 Å². The van der Waals surface area contributed by atoms with Crippen molar-refractivity contribution in [3.63, 3.8) is 0 Å². The molecule has 3 fully saturated rings. The van der Waals surface area contributed by atoms with E-state index in [9.17, 15) is 13.2 Å². The first kappa shape index (κ1) is 23.5. The summed E-state index contributed by atoms with van der Waals surface area (Å²) < 4.78 is 26.8. The number of aromatic amines is 1. The molecule has 0 radical (unpaired) electrons. The molecule has 186 valence electrons. The molecule has 3 aliphatic heterocycles. The zero-order valence-electron chi connectivity index (χ0n) is 20.1. The van der Waals surface area contributed by atoms with Crippen LogP contribution in [0.2, 0.25) is 0 Å². The van der Waals surface area contributed by atoms with Gasteiger partial charge in [-0.15, -0.1) is 0 Å². The topological polar surface area (TPSA) is 102 Å². The molecule has 2 unspecified atom stereocenters. The minimum absolute atomic E-state index is 0.0392. The number of rotatable bonds is 6. The average Bonchev–Trinajstić information content (AvgIpc) is 3.53. The Morgan fingerprint density at radius 2 is 1.82 bits per heavy atom. The highest BCUT2D eigenvalue weighted by molar-refractivity contribution is 7.89. The number of aromatic nitrogens is 3.